The molecule has 0 unspecified atom stereocenters. The predicted molar refractivity (Wildman–Crippen MR) is 110 cm³/mol. The Morgan fingerprint density at radius 3 is 2.25 bits per heavy atom. The summed E-state index contributed by atoms with van der Waals surface area (Å²) in [5.74, 6) is 0.780. The van der Waals surface area contributed by atoms with Gasteiger partial charge in [-0.05, 0) is 59.3 Å². The standard InChI is InChI=1S/C22H21NO4S/c1-15(2)16-5-9-18(10-6-16)26-14-21(24)27-19-11-7-17(8-12-19)23-22(25)20-4-3-13-28-20/h3-13,15H,14H2,1-2H3,(H,23,25). The van der Waals surface area contributed by atoms with Crippen LogP contribution in [-0.4, -0.2) is 18.5 Å². The van der Waals surface area contributed by atoms with Gasteiger partial charge in [0.15, 0.2) is 6.61 Å². The Kier molecular flexibility index (Phi) is 6.45. The number of esters is 1. The molecule has 0 radical (unpaired) electrons. The maximum atomic E-state index is 12.0. The van der Waals surface area contributed by atoms with E-state index in [2.05, 4.69) is 19.2 Å². The van der Waals surface area contributed by atoms with E-state index < -0.39 is 5.97 Å². The molecule has 0 saturated heterocycles. The zero-order valence-electron chi connectivity index (χ0n) is 15.7. The number of amides is 1. The number of benzene rings is 2. The minimum absolute atomic E-state index is 0.170. The molecule has 0 aliphatic heterocycles. The molecule has 28 heavy (non-hydrogen) atoms. The van der Waals surface area contributed by atoms with Crippen LogP contribution in [0.2, 0.25) is 0 Å². The van der Waals surface area contributed by atoms with Crippen molar-refractivity contribution in [3.8, 4) is 11.5 Å². The van der Waals surface area contributed by atoms with Gasteiger partial charge in [0.25, 0.3) is 5.91 Å². The zero-order valence-corrected chi connectivity index (χ0v) is 16.5. The van der Waals surface area contributed by atoms with E-state index in [9.17, 15) is 9.59 Å². The highest BCUT2D eigenvalue weighted by Gasteiger charge is 2.09. The summed E-state index contributed by atoms with van der Waals surface area (Å²) in [4.78, 5) is 24.6. The first-order valence-corrected chi connectivity index (χ1v) is 9.77. The molecule has 0 fully saturated rings. The summed E-state index contributed by atoms with van der Waals surface area (Å²) < 4.78 is 10.7. The van der Waals surface area contributed by atoms with Crippen molar-refractivity contribution < 1.29 is 19.1 Å². The van der Waals surface area contributed by atoms with Crippen LogP contribution in [0.25, 0.3) is 0 Å². The third-order valence-electron chi connectivity index (χ3n) is 3.99. The van der Waals surface area contributed by atoms with E-state index in [0.29, 0.717) is 28.0 Å². The molecule has 0 saturated carbocycles. The Hall–Kier alpha value is -3.12. The van der Waals surface area contributed by atoms with Crippen molar-refractivity contribution in [3.63, 3.8) is 0 Å². The fraction of sp³-hybridized carbons (Fsp3) is 0.182. The summed E-state index contributed by atoms with van der Waals surface area (Å²) in [6.45, 7) is 4.05. The van der Waals surface area contributed by atoms with Gasteiger partial charge in [-0.25, -0.2) is 4.79 Å². The molecule has 2 aromatic carbocycles. The van der Waals surface area contributed by atoms with Crippen LogP contribution in [-0.2, 0) is 4.79 Å². The molecule has 3 rings (SSSR count). The van der Waals surface area contributed by atoms with E-state index in [-0.39, 0.29) is 12.5 Å². The van der Waals surface area contributed by atoms with Gasteiger partial charge in [-0.15, -0.1) is 11.3 Å². The molecule has 1 N–H and O–H groups in total. The Balaban J connectivity index is 1.48. The first-order chi connectivity index (χ1) is 13.5. The third-order valence-corrected chi connectivity index (χ3v) is 4.86. The monoisotopic (exact) mass is 395 g/mol. The molecule has 1 heterocycles. The van der Waals surface area contributed by atoms with Crippen molar-refractivity contribution in [1.29, 1.82) is 0 Å². The molecular formula is C22H21NO4S. The first kappa shape index (κ1) is 19.6. The molecule has 0 atom stereocenters. The molecule has 0 bridgehead atoms. The van der Waals surface area contributed by atoms with Crippen LogP contribution >= 0.6 is 11.3 Å². The van der Waals surface area contributed by atoms with Gasteiger partial charge in [0, 0.05) is 5.69 Å². The number of nitrogens with one attached hydrogen (secondary N) is 1. The largest absolute Gasteiger partial charge is 0.482 e. The van der Waals surface area contributed by atoms with Gasteiger partial charge in [-0.3, -0.25) is 4.79 Å². The van der Waals surface area contributed by atoms with E-state index in [1.54, 1.807) is 30.3 Å². The van der Waals surface area contributed by atoms with Gasteiger partial charge < -0.3 is 14.8 Å². The highest BCUT2D eigenvalue weighted by atomic mass is 32.1. The molecule has 0 aliphatic carbocycles. The van der Waals surface area contributed by atoms with E-state index >= 15 is 0 Å². The molecule has 1 aromatic heterocycles. The highest BCUT2D eigenvalue weighted by molar-refractivity contribution is 7.12. The fourth-order valence-electron chi connectivity index (χ4n) is 2.46. The summed E-state index contributed by atoms with van der Waals surface area (Å²) in [6.07, 6.45) is 0. The van der Waals surface area contributed by atoms with Gasteiger partial charge >= 0.3 is 5.97 Å². The Morgan fingerprint density at radius 1 is 0.964 bits per heavy atom. The molecule has 144 valence electrons. The number of rotatable bonds is 7. The minimum Gasteiger partial charge on any atom is -0.482 e. The van der Waals surface area contributed by atoms with Crippen LogP contribution in [0.4, 0.5) is 5.69 Å². The average molecular weight is 395 g/mol. The van der Waals surface area contributed by atoms with Gasteiger partial charge in [-0.2, -0.15) is 0 Å². The molecule has 6 heteroatoms. The van der Waals surface area contributed by atoms with E-state index in [0.717, 1.165) is 0 Å². The SMILES string of the molecule is CC(C)c1ccc(OCC(=O)Oc2ccc(NC(=O)c3cccs3)cc2)cc1. The van der Waals surface area contributed by atoms with Crippen molar-refractivity contribution in [2.75, 3.05) is 11.9 Å². The maximum Gasteiger partial charge on any atom is 0.349 e. The van der Waals surface area contributed by atoms with Crippen molar-refractivity contribution >= 4 is 28.9 Å². The number of carbonyl (C=O) groups is 2. The maximum absolute atomic E-state index is 12.0. The van der Waals surface area contributed by atoms with Crippen molar-refractivity contribution in [2.45, 2.75) is 19.8 Å². The Morgan fingerprint density at radius 2 is 1.64 bits per heavy atom. The minimum atomic E-state index is -0.497. The molecule has 3 aromatic rings. The van der Waals surface area contributed by atoms with Gasteiger partial charge in [0.1, 0.15) is 11.5 Å². The second-order valence-electron chi connectivity index (χ2n) is 6.44. The lowest BCUT2D eigenvalue weighted by Gasteiger charge is -2.09. The van der Waals surface area contributed by atoms with E-state index in [1.807, 2.05) is 35.7 Å². The van der Waals surface area contributed by atoms with Gasteiger partial charge in [-0.1, -0.05) is 32.0 Å². The lowest BCUT2D eigenvalue weighted by atomic mass is 10.0. The topological polar surface area (TPSA) is 64.6 Å². The summed E-state index contributed by atoms with van der Waals surface area (Å²) in [5.41, 5.74) is 1.83. The summed E-state index contributed by atoms with van der Waals surface area (Å²) in [7, 11) is 0. The number of ether oxygens (including phenoxy) is 2. The molecule has 5 nitrogen and oxygen atoms in total. The van der Waals surface area contributed by atoms with Crippen LogP contribution in [0.3, 0.4) is 0 Å². The number of hydrogen-bond acceptors (Lipinski definition) is 5. The van der Waals surface area contributed by atoms with Crippen molar-refractivity contribution in [2.24, 2.45) is 0 Å². The second-order valence-corrected chi connectivity index (χ2v) is 7.39. The lowest BCUT2D eigenvalue weighted by molar-refractivity contribution is -0.136. The number of thiophene rings is 1. The second kappa shape index (κ2) is 9.19. The zero-order chi connectivity index (χ0) is 19.9. The van der Waals surface area contributed by atoms with Crippen LogP contribution < -0.4 is 14.8 Å². The molecular weight excluding hydrogens is 374 g/mol. The Bertz CT molecular complexity index is 916. The molecule has 1 amide bonds. The summed E-state index contributed by atoms with van der Waals surface area (Å²) in [6, 6.07) is 17.8. The van der Waals surface area contributed by atoms with Crippen LogP contribution in [0, 0.1) is 0 Å². The fourth-order valence-corrected chi connectivity index (χ4v) is 3.08. The molecule has 0 spiro atoms. The number of carbonyl (C=O) groups excluding carboxylic acids is 2. The van der Waals surface area contributed by atoms with E-state index in [4.69, 9.17) is 9.47 Å². The van der Waals surface area contributed by atoms with Crippen molar-refractivity contribution in [3.05, 3.63) is 76.5 Å². The van der Waals surface area contributed by atoms with Crippen LogP contribution in [0.5, 0.6) is 11.5 Å². The molecule has 0 aliphatic rings. The number of anilines is 1. The quantitative estimate of drug-likeness (QED) is 0.446. The summed E-state index contributed by atoms with van der Waals surface area (Å²) in [5, 5.41) is 4.64. The van der Waals surface area contributed by atoms with Crippen molar-refractivity contribution in [1.82, 2.24) is 0 Å². The third kappa shape index (κ3) is 5.44. The smallest absolute Gasteiger partial charge is 0.349 e. The van der Waals surface area contributed by atoms with Crippen LogP contribution in [0.1, 0.15) is 35.0 Å². The normalized spacial score (nSPS) is 10.5. The highest BCUT2D eigenvalue weighted by Crippen LogP contribution is 2.20. The first-order valence-electron chi connectivity index (χ1n) is 8.89. The average Bonchev–Trinajstić information content (AvgIpc) is 3.23. The lowest BCUT2D eigenvalue weighted by Crippen LogP contribution is -2.17. The van der Waals surface area contributed by atoms with Crippen LogP contribution in [0.15, 0.2) is 66.0 Å². The van der Waals surface area contributed by atoms with Gasteiger partial charge in [0.2, 0.25) is 0 Å². The van der Waals surface area contributed by atoms with Gasteiger partial charge in [0.05, 0.1) is 4.88 Å². The Labute approximate surface area is 167 Å². The summed E-state index contributed by atoms with van der Waals surface area (Å²) >= 11 is 1.37. The van der Waals surface area contributed by atoms with E-state index in [1.165, 1.54) is 16.9 Å². The number of hydrogen-bond donors (Lipinski definition) is 1. The predicted octanol–water partition coefficient (Wildman–Crippen LogP) is 5.11.